The van der Waals surface area contributed by atoms with Gasteiger partial charge in [0.05, 0.1) is 25.9 Å². The van der Waals surface area contributed by atoms with Crippen LogP contribution in [0.4, 0.5) is 0 Å². The molecule has 2 heterocycles. The lowest BCUT2D eigenvalue weighted by molar-refractivity contribution is 0.183. The van der Waals surface area contributed by atoms with E-state index >= 15 is 0 Å². The van der Waals surface area contributed by atoms with Crippen LogP contribution in [0.3, 0.4) is 0 Å². The highest BCUT2D eigenvalue weighted by molar-refractivity contribution is 14.0. The standard InChI is InChI=1S/C11H19N5O.HI/c1-9-5-12-11(15-9)13-6-10-7-14-16(8-10)3-4-17-2;/h7-9H,3-6H2,1-2H3,(H2,12,13,15);1H. The zero-order chi connectivity index (χ0) is 12.1. The molecule has 7 heteroatoms. The van der Waals surface area contributed by atoms with Gasteiger partial charge < -0.3 is 15.4 Å². The number of aliphatic imine (C=N–C) groups is 1. The Bertz CT molecular complexity index is 393. The number of guanidine groups is 1. The van der Waals surface area contributed by atoms with Gasteiger partial charge in [0, 0.05) is 31.5 Å². The molecule has 0 aromatic carbocycles. The van der Waals surface area contributed by atoms with E-state index in [-0.39, 0.29) is 24.0 Å². The van der Waals surface area contributed by atoms with Crippen molar-refractivity contribution in [1.29, 1.82) is 0 Å². The Hall–Kier alpha value is -0.830. The van der Waals surface area contributed by atoms with E-state index in [1.165, 1.54) is 0 Å². The van der Waals surface area contributed by atoms with Crippen LogP contribution in [0.2, 0.25) is 0 Å². The van der Waals surface area contributed by atoms with E-state index < -0.39 is 0 Å². The van der Waals surface area contributed by atoms with E-state index in [4.69, 9.17) is 4.74 Å². The SMILES string of the molecule is COCCn1cc(CNC2=NCC(C)N2)cn1.I. The number of methoxy groups -OCH3 is 1. The zero-order valence-electron chi connectivity index (χ0n) is 10.7. The van der Waals surface area contributed by atoms with E-state index in [9.17, 15) is 0 Å². The van der Waals surface area contributed by atoms with Crippen LogP contribution in [0.15, 0.2) is 17.4 Å². The number of hydrogen-bond acceptors (Lipinski definition) is 5. The molecule has 0 spiro atoms. The summed E-state index contributed by atoms with van der Waals surface area (Å²) in [5.41, 5.74) is 1.14. The van der Waals surface area contributed by atoms with Crippen LogP contribution in [0.1, 0.15) is 12.5 Å². The summed E-state index contributed by atoms with van der Waals surface area (Å²) in [7, 11) is 1.69. The average Bonchev–Trinajstić information content (AvgIpc) is 2.93. The Morgan fingerprint density at radius 3 is 3.11 bits per heavy atom. The molecular formula is C11H20IN5O. The molecule has 0 radical (unpaired) electrons. The van der Waals surface area contributed by atoms with Gasteiger partial charge in [-0.15, -0.1) is 24.0 Å². The van der Waals surface area contributed by atoms with Crippen molar-refractivity contribution < 1.29 is 4.74 Å². The molecule has 0 saturated carbocycles. The summed E-state index contributed by atoms with van der Waals surface area (Å²) in [5.74, 6) is 0.877. The fourth-order valence-corrected chi connectivity index (χ4v) is 1.65. The molecule has 1 aliphatic rings. The van der Waals surface area contributed by atoms with Gasteiger partial charge in [-0.05, 0) is 6.92 Å². The Labute approximate surface area is 124 Å². The normalized spacial score (nSPS) is 17.9. The molecule has 1 unspecified atom stereocenters. The van der Waals surface area contributed by atoms with Crippen molar-refractivity contribution in [2.24, 2.45) is 4.99 Å². The molecule has 2 rings (SSSR count). The molecule has 18 heavy (non-hydrogen) atoms. The molecule has 102 valence electrons. The van der Waals surface area contributed by atoms with Crippen LogP contribution < -0.4 is 10.6 Å². The van der Waals surface area contributed by atoms with Crippen molar-refractivity contribution in [3.05, 3.63) is 18.0 Å². The van der Waals surface area contributed by atoms with Gasteiger partial charge in [0.2, 0.25) is 0 Å². The first kappa shape index (κ1) is 15.2. The van der Waals surface area contributed by atoms with Crippen molar-refractivity contribution in [3.63, 3.8) is 0 Å². The van der Waals surface area contributed by atoms with E-state index in [1.54, 1.807) is 7.11 Å². The molecule has 1 aliphatic heterocycles. The number of hydrogen-bond donors (Lipinski definition) is 2. The summed E-state index contributed by atoms with van der Waals surface area (Å²) in [6, 6.07) is 0.432. The summed E-state index contributed by atoms with van der Waals surface area (Å²) >= 11 is 0. The molecule has 1 aromatic heterocycles. The maximum absolute atomic E-state index is 5.00. The lowest BCUT2D eigenvalue weighted by Crippen LogP contribution is -2.37. The summed E-state index contributed by atoms with van der Waals surface area (Å²) in [4.78, 5) is 4.34. The summed E-state index contributed by atoms with van der Waals surface area (Å²) < 4.78 is 6.88. The largest absolute Gasteiger partial charge is 0.383 e. The monoisotopic (exact) mass is 365 g/mol. The predicted octanol–water partition coefficient (Wildman–Crippen LogP) is 0.585. The van der Waals surface area contributed by atoms with Gasteiger partial charge in [0.1, 0.15) is 0 Å². The third-order valence-corrected chi connectivity index (χ3v) is 2.58. The van der Waals surface area contributed by atoms with E-state index in [0.717, 1.165) is 31.2 Å². The molecule has 0 amide bonds. The van der Waals surface area contributed by atoms with Crippen molar-refractivity contribution in [2.75, 3.05) is 20.3 Å². The smallest absolute Gasteiger partial charge is 0.191 e. The van der Waals surface area contributed by atoms with Crippen LogP contribution in [0.5, 0.6) is 0 Å². The van der Waals surface area contributed by atoms with Gasteiger partial charge in [-0.3, -0.25) is 9.67 Å². The van der Waals surface area contributed by atoms with Crippen molar-refractivity contribution >= 4 is 29.9 Å². The average molecular weight is 365 g/mol. The third kappa shape index (κ3) is 4.45. The van der Waals surface area contributed by atoms with Crippen LogP contribution >= 0.6 is 24.0 Å². The van der Waals surface area contributed by atoms with Crippen LogP contribution in [-0.4, -0.2) is 42.0 Å². The molecule has 6 nitrogen and oxygen atoms in total. The van der Waals surface area contributed by atoms with Gasteiger partial charge in [-0.1, -0.05) is 0 Å². The summed E-state index contributed by atoms with van der Waals surface area (Å²) in [6.45, 7) is 5.16. The van der Waals surface area contributed by atoms with Crippen LogP contribution in [-0.2, 0) is 17.8 Å². The lowest BCUT2D eigenvalue weighted by atomic mass is 10.3. The number of ether oxygens (including phenoxy) is 1. The minimum Gasteiger partial charge on any atom is -0.383 e. The Balaban J connectivity index is 0.00000162. The van der Waals surface area contributed by atoms with Crippen molar-refractivity contribution in [3.8, 4) is 0 Å². The number of nitrogens with zero attached hydrogens (tertiary/aromatic N) is 3. The van der Waals surface area contributed by atoms with Crippen LogP contribution in [0.25, 0.3) is 0 Å². The quantitative estimate of drug-likeness (QED) is 0.750. The van der Waals surface area contributed by atoms with Gasteiger partial charge in [0.25, 0.3) is 0 Å². The number of rotatable bonds is 5. The molecular weight excluding hydrogens is 345 g/mol. The second kappa shape index (κ2) is 7.57. The van der Waals surface area contributed by atoms with Gasteiger partial charge in [-0.2, -0.15) is 5.10 Å². The van der Waals surface area contributed by atoms with E-state index in [2.05, 4.69) is 27.6 Å². The maximum Gasteiger partial charge on any atom is 0.191 e. The van der Waals surface area contributed by atoms with E-state index in [0.29, 0.717) is 12.6 Å². The molecule has 2 N–H and O–H groups in total. The van der Waals surface area contributed by atoms with Gasteiger partial charge in [0.15, 0.2) is 5.96 Å². The van der Waals surface area contributed by atoms with Crippen LogP contribution in [0, 0.1) is 0 Å². The highest BCUT2D eigenvalue weighted by Crippen LogP contribution is 1.98. The first-order chi connectivity index (χ1) is 8.28. The second-order valence-corrected chi connectivity index (χ2v) is 4.19. The number of halogens is 1. The zero-order valence-corrected chi connectivity index (χ0v) is 13.0. The fourth-order valence-electron chi connectivity index (χ4n) is 1.65. The number of aromatic nitrogens is 2. The predicted molar refractivity (Wildman–Crippen MR) is 81.3 cm³/mol. The van der Waals surface area contributed by atoms with Crippen molar-refractivity contribution in [2.45, 2.75) is 26.1 Å². The highest BCUT2D eigenvalue weighted by Gasteiger charge is 2.11. The summed E-state index contributed by atoms with van der Waals surface area (Å²) in [5, 5.41) is 10.8. The minimum absolute atomic E-state index is 0. The molecule has 0 bridgehead atoms. The first-order valence-corrected chi connectivity index (χ1v) is 5.83. The summed E-state index contributed by atoms with van der Waals surface area (Å²) in [6.07, 6.45) is 3.88. The van der Waals surface area contributed by atoms with Gasteiger partial charge >= 0.3 is 0 Å². The maximum atomic E-state index is 5.00. The number of nitrogens with one attached hydrogen (secondary N) is 2. The second-order valence-electron chi connectivity index (χ2n) is 4.19. The molecule has 0 aliphatic carbocycles. The molecule has 0 fully saturated rings. The molecule has 1 atom stereocenters. The Kier molecular flexibility index (Phi) is 6.41. The fraction of sp³-hybridized carbons (Fsp3) is 0.636. The molecule has 0 saturated heterocycles. The third-order valence-electron chi connectivity index (χ3n) is 2.58. The first-order valence-electron chi connectivity index (χ1n) is 5.83. The van der Waals surface area contributed by atoms with Crippen molar-refractivity contribution in [1.82, 2.24) is 20.4 Å². The highest BCUT2D eigenvalue weighted by atomic mass is 127. The Morgan fingerprint density at radius 1 is 1.61 bits per heavy atom. The lowest BCUT2D eigenvalue weighted by Gasteiger charge is -2.07. The van der Waals surface area contributed by atoms with E-state index in [1.807, 2.05) is 17.1 Å². The molecule has 1 aromatic rings. The van der Waals surface area contributed by atoms with Gasteiger partial charge in [-0.25, -0.2) is 0 Å². The Morgan fingerprint density at radius 2 is 2.44 bits per heavy atom. The minimum atomic E-state index is 0. The topological polar surface area (TPSA) is 63.5 Å².